The van der Waals surface area contributed by atoms with Crippen LogP contribution >= 0.6 is 0 Å². The van der Waals surface area contributed by atoms with Crippen LogP contribution in [0.5, 0.6) is 0 Å². The molecule has 2 rings (SSSR count). The number of rotatable bonds is 8. The van der Waals surface area contributed by atoms with Crippen LogP contribution in [0, 0.1) is 5.41 Å². The fourth-order valence-electron chi connectivity index (χ4n) is 3.89. The van der Waals surface area contributed by atoms with Crippen LogP contribution in [0.2, 0.25) is 0 Å². The summed E-state index contributed by atoms with van der Waals surface area (Å²) in [4.78, 5) is 17.3. The molecule has 1 N–H and O–H groups in total. The van der Waals surface area contributed by atoms with Crippen molar-refractivity contribution in [1.29, 1.82) is 0 Å². The van der Waals surface area contributed by atoms with Crippen LogP contribution < -0.4 is 0 Å². The molecule has 1 fully saturated rings. The lowest BCUT2D eigenvalue weighted by molar-refractivity contribution is -0.136. The first kappa shape index (κ1) is 22.6. The number of aliphatic hydroxyl groups excluding tert-OH is 1. The number of likely N-dealkylation sites (tertiary alicyclic amines) is 1. The van der Waals surface area contributed by atoms with Crippen molar-refractivity contribution in [3.63, 3.8) is 0 Å². The minimum atomic E-state index is -0.469. The molecule has 0 aliphatic carbocycles. The number of piperidine rings is 1. The number of carbonyl (C=O) groups excluding carboxylic acids is 1. The van der Waals surface area contributed by atoms with Crippen molar-refractivity contribution in [2.75, 3.05) is 26.7 Å². The first-order valence-corrected chi connectivity index (χ1v) is 10.6. The minimum Gasteiger partial charge on any atom is -0.391 e. The largest absolute Gasteiger partial charge is 0.391 e. The molecule has 156 valence electrons. The van der Waals surface area contributed by atoms with E-state index < -0.39 is 6.10 Å². The van der Waals surface area contributed by atoms with Gasteiger partial charge in [-0.1, -0.05) is 63.3 Å². The number of hydrogen-bond donors (Lipinski definition) is 1. The predicted molar refractivity (Wildman–Crippen MR) is 117 cm³/mol. The molecule has 1 unspecified atom stereocenters. The zero-order valence-electron chi connectivity index (χ0n) is 18.1. The van der Waals surface area contributed by atoms with Crippen molar-refractivity contribution in [3.05, 3.63) is 42.0 Å². The average Bonchev–Trinajstić information content (AvgIpc) is 2.63. The number of hydrogen-bond acceptors (Lipinski definition) is 3. The summed E-state index contributed by atoms with van der Waals surface area (Å²) < 4.78 is 0. The summed E-state index contributed by atoms with van der Waals surface area (Å²) in [5, 5.41) is 10.6. The second kappa shape index (κ2) is 10.8. The smallest absolute Gasteiger partial charge is 0.223 e. The van der Waals surface area contributed by atoms with Crippen LogP contribution in [0.4, 0.5) is 0 Å². The van der Waals surface area contributed by atoms with E-state index >= 15 is 0 Å². The number of carbonyl (C=O) groups is 1. The second-order valence-electron chi connectivity index (χ2n) is 9.35. The second-order valence-corrected chi connectivity index (χ2v) is 9.35. The van der Waals surface area contributed by atoms with E-state index in [-0.39, 0.29) is 17.4 Å². The molecule has 1 atom stereocenters. The van der Waals surface area contributed by atoms with Crippen LogP contribution in [0.25, 0.3) is 6.08 Å². The minimum absolute atomic E-state index is 0.0549. The fourth-order valence-corrected chi connectivity index (χ4v) is 3.89. The number of nitrogens with zero attached hydrogens (tertiary/aromatic N) is 2. The summed E-state index contributed by atoms with van der Waals surface area (Å²) in [7, 11) is 2.13. The first-order chi connectivity index (χ1) is 13.2. The molecule has 0 aromatic heterocycles. The Labute approximate surface area is 171 Å². The van der Waals surface area contributed by atoms with Gasteiger partial charge in [0.25, 0.3) is 0 Å². The van der Waals surface area contributed by atoms with Crippen LogP contribution in [-0.4, -0.2) is 59.6 Å². The summed E-state index contributed by atoms with van der Waals surface area (Å²) in [6, 6.07) is 10.4. The van der Waals surface area contributed by atoms with Gasteiger partial charge in [-0.05, 0) is 56.8 Å². The van der Waals surface area contributed by atoms with Crippen molar-refractivity contribution in [1.82, 2.24) is 9.80 Å². The van der Waals surface area contributed by atoms with Gasteiger partial charge in [0.15, 0.2) is 0 Å². The van der Waals surface area contributed by atoms with Gasteiger partial charge in [-0.3, -0.25) is 4.79 Å². The molecule has 0 saturated carbocycles. The van der Waals surface area contributed by atoms with E-state index in [1.165, 1.54) is 0 Å². The molecule has 0 radical (unpaired) electrons. The standard InChI is InChI=1S/C24H38N2O2/c1-24(2,3)18-22(27)19-26(21-14-16-25(4)17-15-21)23(28)13-9-8-12-20-10-6-5-7-11-20/h5-8,10-12,21-22,27H,9,13-19H2,1-4H3/b12-8+. The number of benzene rings is 1. The van der Waals surface area contributed by atoms with E-state index in [1.807, 2.05) is 23.1 Å². The zero-order valence-corrected chi connectivity index (χ0v) is 18.1. The van der Waals surface area contributed by atoms with Crippen LogP contribution in [-0.2, 0) is 4.79 Å². The predicted octanol–water partition coefficient (Wildman–Crippen LogP) is 4.20. The fraction of sp³-hybridized carbons (Fsp3) is 0.625. The van der Waals surface area contributed by atoms with Gasteiger partial charge in [0, 0.05) is 19.0 Å². The Hall–Kier alpha value is -1.65. The molecular weight excluding hydrogens is 348 g/mol. The average molecular weight is 387 g/mol. The maximum Gasteiger partial charge on any atom is 0.223 e. The molecule has 0 bridgehead atoms. The summed E-state index contributed by atoms with van der Waals surface area (Å²) in [6.45, 7) is 8.87. The van der Waals surface area contributed by atoms with Gasteiger partial charge in [0.1, 0.15) is 0 Å². The molecule has 1 aromatic carbocycles. The third-order valence-electron chi connectivity index (χ3n) is 5.34. The lowest BCUT2D eigenvalue weighted by Gasteiger charge is -2.39. The van der Waals surface area contributed by atoms with E-state index in [4.69, 9.17) is 0 Å². The van der Waals surface area contributed by atoms with Crippen molar-refractivity contribution in [2.24, 2.45) is 5.41 Å². The zero-order chi connectivity index (χ0) is 20.6. The molecule has 1 aliphatic rings. The van der Waals surface area contributed by atoms with Gasteiger partial charge >= 0.3 is 0 Å². The molecular formula is C24H38N2O2. The van der Waals surface area contributed by atoms with Gasteiger partial charge in [-0.15, -0.1) is 0 Å². The Morgan fingerprint density at radius 1 is 1.25 bits per heavy atom. The molecule has 1 heterocycles. The summed E-state index contributed by atoms with van der Waals surface area (Å²) >= 11 is 0. The highest BCUT2D eigenvalue weighted by Crippen LogP contribution is 2.23. The maximum atomic E-state index is 13.0. The highest BCUT2D eigenvalue weighted by Gasteiger charge is 2.29. The van der Waals surface area contributed by atoms with Crippen molar-refractivity contribution < 1.29 is 9.90 Å². The third kappa shape index (κ3) is 8.15. The highest BCUT2D eigenvalue weighted by molar-refractivity contribution is 5.77. The topological polar surface area (TPSA) is 43.8 Å². The summed E-state index contributed by atoms with van der Waals surface area (Å²) in [5.74, 6) is 0.167. The number of amides is 1. The van der Waals surface area contributed by atoms with Crippen LogP contribution in [0.1, 0.15) is 58.4 Å². The maximum absolute atomic E-state index is 13.0. The van der Waals surface area contributed by atoms with Crippen LogP contribution in [0.3, 0.4) is 0 Å². The molecule has 1 amide bonds. The monoisotopic (exact) mass is 386 g/mol. The van der Waals surface area contributed by atoms with Gasteiger partial charge in [0.05, 0.1) is 6.10 Å². The summed E-state index contributed by atoms with van der Waals surface area (Å²) in [5.41, 5.74) is 1.21. The molecule has 4 nitrogen and oxygen atoms in total. The van der Waals surface area contributed by atoms with E-state index in [0.29, 0.717) is 19.4 Å². The normalized spacial score (nSPS) is 17.8. The Kier molecular flexibility index (Phi) is 8.71. The van der Waals surface area contributed by atoms with Crippen molar-refractivity contribution in [2.45, 2.75) is 65.0 Å². The third-order valence-corrected chi connectivity index (χ3v) is 5.34. The van der Waals surface area contributed by atoms with Gasteiger partial charge < -0.3 is 14.9 Å². The Morgan fingerprint density at radius 3 is 2.50 bits per heavy atom. The van der Waals surface area contributed by atoms with Gasteiger partial charge in [-0.25, -0.2) is 0 Å². The van der Waals surface area contributed by atoms with E-state index in [1.54, 1.807) is 0 Å². The SMILES string of the molecule is CN1CCC(N(CC(O)CC(C)(C)C)C(=O)CC/C=C/c2ccccc2)CC1. The van der Waals surface area contributed by atoms with E-state index in [2.05, 4.69) is 57.0 Å². The summed E-state index contributed by atoms with van der Waals surface area (Å²) in [6.07, 6.45) is 7.59. The lowest BCUT2D eigenvalue weighted by Crippen LogP contribution is -2.49. The molecule has 0 spiro atoms. The van der Waals surface area contributed by atoms with Crippen molar-refractivity contribution in [3.8, 4) is 0 Å². The van der Waals surface area contributed by atoms with E-state index in [9.17, 15) is 9.90 Å². The molecule has 1 aliphatic heterocycles. The number of aliphatic hydroxyl groups is 1. The molecule has 4 heteroatoms. The molecule has 1 aromatic rings. The molecule has 1 saturated heterocycles. The van der Waals surface area contributed by atoms with E-state index in [0.717, 1.165) is 37.9 Å². The Balaban J connectivity index is 1.94. The quantitative estimate of drug-likeness (QED) is 0.728. The van der Waals surface area contributed by atoms with Crippen LogP contribution in [0.15, 0.2) is 36.4 Å². The Morgan fingerprint density at radius 2 is 1.89 bits per heavy atom. The molecule has 28 heavy (non-hydrogen) atoms. The highest BCUT2D eigenvalue weighted by atomic mass is 16.3. The van der Waals surface area contributed by atoms with Crippen molar-refractivity contribution >= 4 is 12.0 Å². The lowest BCUT2D eigenvalue weighted by atomic mass is 9.88. The van der Waals surface area contributed by atoms with Gasteiger partial charge in [0.2, 0.25) is 5.91 Å². The Bertz CT molecular complexity index is 613. The first-order valence-electron chi connectivity index (χ1n) is 10.6. The van der Waals surface area contributed by atoms with Gasteiger partial charge in [-0.2, -0.15) is 0 Å². The number of allylic oxidation sites excluding steroid dienone is 1.